The van der Waals surface area contributed by atoms with Gasteiger partial charge in [0, 0.05) is 12.6 Å². The smallest absolute Gasteiger partial charge is 0.0509 e. The topological polar surface area (TPSA) is 50.1 Å². The third kappa shape index (κ3) is 0.923. The molecule has 0 saturated carbocycles. The van der Waals surface area contributed by atoms with Crippen LogP contribution in [0, 0.1) is 0 Å². The number of hydrazine groups is 1. The summed E-state index contributed by atoms with van der Waals surface area (Å²) in [6, 6.07) is 0.141. The summed E-state index contributed by atoms with van der Waals surface area (Å²) in [6.45, 7) is 0.878. The van der Waals surface area contributed by atoms with Gasteiger partial charge in [-0.1, -0.05) is 6.08 Å². The quantitative estimate of drug-likeness (QED) is 0.454. The molecule has 2 aliphatic rings. The van der Waals surface area contributed by atoms with E-state index in [9.17, 15) is 0 Å². The Labute approximate surface area is 65.7 Å². The van der Waals surface area contributed by atoms with E-state index in [1.54, 1.807) is 0 Å². The summed E-state index contributed by atoms with van der Waals surface area (Å²) in [7, 11) is 0. The number of nitrogens with one attached hydrogen (secondary N) is 2. The Hall–Kier alpha value is -0.510. The SMILES string of the molecule is Cl.NC1C=CC2=C1CNN2. The van der Waals surface area contributed by atoms with Crippen LogP contribution in [0.3, 0.4) is 0 Å². The molecule has 2 rings (SSSR count). The molecule has 0 aromatic carbocycles. The molecule has 0 saturated heterocycles. The maximum absolute atomic E-state index is 5.70. The Balaban J connectivity index is 0.000000500. The normalized spacial score (nSPS) is 27.9. The lowest BCUT2D eigenvalue weighted by Gasteiger charge is -2.00. The molecule has 0 radical (unpaired) electrons. The molecule has 1 atom stereocenters. The summed E-state index contributed by atoms with van der Waals surface area (Å²) < 4.78 is 0. The predicted octanol–water partition coefficient (Wildman–Crippen LogP) is -0.333. The minimum atomic E-state index is 0. The van der Waals surface area contributed by atoms with Crippen LogP contribution in [0.5, 0.6) is 0 Å². The van der Waals surface area contributed by atoms with Gasteiger partial charge < -0.3 is 11.2 Å². The zero-order valence-corrected chi connectivity index (χ0v) is 6.24. The zero-order chi connectivity index (χ0) is 6.27. The summed E-state index contributed by atoms with van der Waals surface area (Å²) in [6.07, 6.45) is 4.01. The Kier molecular flexibility index (Phi) is 1.99. The van der Waals surface area contributed by atoms with Gasteiger partial charge in [-0.2, -0.15) is 0 Å². The lowest BCUT2D eigenvalue weighted by molar-refractivity contribution is 0.696. The van der Waals surface area contributed by atoms with Crippen LogP contribution < -0.4 is 16.6 Å². The van der Waals surface area contributed by atoms with Crippen molar-refractivity contribution in [3.63, 3.8) is 0 Å². The maximum Gasteiger partial charge on any atom is 0.0509 e. The van der Waals surface area contributed by atoms with Crippen LogP contribution in [-0.4, -0.2) is 12.6 Å². The lowest BCUT2D eigenvalue weighted by Crippen LogP contribution is -2.26. The molecule has 0 fully saturated rings. The van der Waals surface area contributed by atoms with Crippen molar-refractivity contribution in [3.05, 3.63) is 23.4 Å². The van der Waals surface area contributed by atoms with Crippen molar-refractivity contribution in [2.24, 2.45) is 5.73 Å². The van der Waals surface area contributed by atoms with Crippen LogP contribution in [0.25, 0.3) is 0 Å². The number of hydrogen-bond acceptors (Lipinski definition) is 3. The van der Waals surface area contributed by atoms with Gasteiger partial charge in [-0.25, -0.2) is 5.43 Å². The summed E-state index contributed by atoms with van der Waals surface area (Å²) in [4.78, 5) is 0. The number of halogens is 1. The summed E-state index contributed by atoms with van der Waals surface area (Å²) >= 11 is 0. The molecule has 0 aromatic rings. The summed E-state index contributed by atoms with van der Waals surface area (Å²) in [5.41, 5.74) is 14.1. The van der Waals surface area contributed by atoms with Gasteiger partial charge in [0.2, 0.25) is 0 Å². The number of rotatable bonds is 0. The Morgan fingerprint density at radius 1 is 1.60 bits per heavy atom. The molecular weight excluding hydrogens is 150 g/mol. The highest BCUT2D eigenvalue weighted by atomic mass is 35.5. The van der Waals surface area contributed by atoms with Gasteiger partial charge in [0.25, 0.3) is 0 Å². The number of allylic oxidation sites excluding steroid dienone is 1. The predicted molar refractivity (Wildman–Crippen MR) is 42.5 cm³/mol. The molecule has 0 bridgehead atoms. The van der Waals surface area contributed by atoms with Crippen LogP contribution in [-0.2, 0) is 0 Å². The Bertz CT molecular complexity index is 197. The number of nitrogens with two attached hydrogens (primary N) is 1. The summed E-state index contributed by atoms with van der Waals surface area (Å²) in [5.74, 6) is 0. The van der Waals surface area contributed by atoms with E-state index in [0.29, 0.717) is 0 Å². The van der Waals surface area contributed by atoms with Gasteiger partial charge in [0.1, 0.15) is 0 Å². The van der Waals surface area contributed by atoms with Gasteiger partial charge in [-0.15, -0.1) is 12.4 Å². The monoisotopic (exact) mass is 159 g/mol. The van der Waals surface area contributed by atoms with Crippen molar-refractivity contribution >= 4 is 12.4 Å². The van der Waals surface area contributed by atoms with Gasteiger partial charge in [-0.3, -0.25) is 0 Å². The lowest BCUT2D eigenvalue weighted by atomic mass is 10.2. The first-order chi connectivity index (χ1) is 4.38. The van der Waals surface area contributed by atoms with E-state index < -0.39 is 0 Å². The molecule has 0 amide bonds. The van der Waals surface area contributed by atoms with E-state index in [0.717, 1.165) is 12.2 Å². The van der Waals surface area contributed by atoms with Crippen LogP contribution >= 0.6 is 12.4 Å². The first-order valence-electron chi connectivity index (χ1n) is 3.03. The first kappa shape index (κ1) is 7.60. The molecule has 0 spiro atoms. The van der Waals surface area contributed by atoms with Crippen LogP contribution in [0.15, 0.2) is 23.4 Å². The fraction of sp³-hybridized carbons (Fsp3) is 0.333. The van der Waals surface area contributed by atoms with Crippen molar-refractivity contribution < 1.29 is 0 Å². The third-order valence-electron chi connectivity index (χ3n) is 1.72. The standard InChI is InChI=1S/C6H9N3.ClH/c7-5-1-2-6-4(5)3-8-9-6;/h1-2,5,8-9H,3,7H2;1H. The van der Waals surface area contributed by atoms with Gasteiger partial charge >= 0.3 is 0 Å². The van der Waals surface area contributed by atoms with Crippen molar-refractivity contribution in [2.75, 3.05) is 6.54 Å². The summed E-state index contributed by atoms with van der Waals surface area (Å²) in [5, 5.41) is 0. The van der Waals surface area contributed by atoms with E-state index in [1.165, 1.54) is 5.57 Å². The molecular formula is C6H10ClN3. The van der Waals surface area contributed by atoms with E-state index in [-0.39, 0.29) is 18.4 Å². The third-order valence-corrected chi connectivity index (χ3v) is 1.72. The maximum atomic E-state index is 5.70. The molecule has 1 aliphatic carbocycles. The van der Waals surface area contributed by atoms with Crippen molar-refractivity contribution in [1.29, 1.82) is 0 Å². The highest BCUT2D eigenvalue weighted by Crippen LogP contribution is 2.17. The Morgan fingerprint density at radius 3 is 3.10 bits per heavy atom. The van der Waals surface area contributed by atoms with Crippen molar-refractivity contribution in [1.82, 2.24) is 10.9 Å². The fourth-order valence-electron chi connectivity index (χ4n) is 1.17. The van der Waals surface area contributed by atoms with Gasteiger partial charge in [0.05, 0.1) is 5.70 Å². The van der Waals surface area contributed by atoms with E-state index in [4.69, 9.17) is 5.73 Å². The Morgan fingerprint density at radius 2 is 2.40 bits per heavy atom. The molecule has 56 valence electrons. The van der Waals surface area contributed by atoms with Crippen LogP contribution in [0.4, 0.5) is 0 Å². The fourth-order valence-corrected chi connectivity index (χ4v) is 1.17. The second-order valence-corrected chi connectivity index (χ2v) is 2.30. The minimum absolute atomic E-state index is 0. The largest absolute Gasteiger partial charge is 0.321 e. The van der Waals surface area contributed by atoms with Crippen molar-refractivity contribution in [2.45, 2.75) is 6.04 Å². The minimum Gasteiger partial charge on any atom is -0.321 e. The van der Waals surface area contributed by atoms with E-state index in [2.05, 4.69) is 10.9 Å². The number of hydrogen-bond donors (Lipinski definition) is 3. The van der Waals surface area contributed by atoms with Crippen LogP contribution in [0.1, 0.15) is 0 Å². The molecule has 10 heavy (non-hydrogen) atoms. The zero-order valence-electron chi connectivity index (χ0n) is 5.42. The van der Waals surface area contributed by atoms with E-state index >= 15 is 0 Å². The van der Waals surface area contributed by atoms with Crippen molar-refractivity contribution in [3.8, 4) is 0 Å². The first-order valence-corrected chi connectivity index (χ1v) is 3.03. The molecule has 0 aromatic heterocycles. The molecule has 4 N–H and O–H groups in total. The highest BCUT2D eigenvalue weighted by Gasteiger charge is 2.20. The second kappa shape index (κ2) is 2.62. The average molecular weight is 160 g/mol. The van der Waals surface area contributed by atoms with Gasteiger partial charge in [0.15, 0.2) is 0 Å². The molecule has 1 heterocycles. The molecule has 1 unspecified atom stereocenters. The van der Waals surface area contributed by atoms with Gasteiger partial charge in [-0.05, 0) is 11.6 Å². The molecule has 3 nitrogen and oxygen atoms in total. The molecule has 1 aliphatic heterocycles. The van der Waals surface area contributed by atoms with E-state index in [1.807, 2.05) is 12.2 Å². The van der Waals surface area contributed by atoms with Crippen LogP contribution in [0.2, 0.25) is 0 Å². The second-order valence-electron chi connectivity index (χ2n) is 2.30. The highest BCUT2D eigenvalue weighted by molar-refractivity contribution is 5.85. The molecule has 4 heteroatoms. The average Bonchev–Trinajstić information content (AvgIpc) is 2.35.